The fraction of sp³-hybridized carbons (Fsp3) is 0.667. The molecule has 0 amide bonds. The zero-order valence-corrected chi connectivity index (χ0v) is 16.0. The van der Waals surface area contributed by atoms with E-state index in [1.54, 1.807) is 6.07 Å². The molecule has 1 aromatic carbocycles. The number of piperidine rings is 1. The van der Waals surface area contributed by atoms with Gasteiger partial charge in [-0.3, -0.25) is 0 Å². The number of likely N-dealkylation sites (tertiary alicyclic amines) is 1. The Kier molecular flexibility index (Phi) is 7.34. The van der Waals surface area contributed by atoms with Gasteiger partial charge in [0.05, 0.1) is 16.7 Å². The van der Waals surface area contributed by atoms with Gasteiger partial charge in [0.25, 0.3) is 0 Å². The summed E-state index contributed by atoms with van der Waals surface area (Å²) in [7, 11) is 0. The summed E-state index contributed by atoms with van der Waals surface area (Å²) >= 11 is 12.0. The van der Waals surface area contributed by atoms with E-state index < -0.39 is 0 Å². The molecule has 1 aromatic rings. The average Bonchev–Trinajstić information content (AvgIpc) is 2.49. The molecule has 2 atom stereocenters. The minimum atomic E-state index is 0. The Balaban J connectivity index is 0.00000192. The number of hydrogen-bond acceptors (Lipinski definition) is 2. The van der Waals surface area contributed by atoms with Gasteiger partial charge in [-0.15, -0.1) is 12.4 Å². The molecule has 1 saturated heterocycles. The number of rotatable bonds is 5. The van der Waals surface area contributed by atoms with Gasteiger partial charge in [0, 0.05) is 12.6 Å². The van der Waals surface area contributed by atoms with Crippen molar-refractivity contribution >= 4 is 35.6 Å². The molecule has 23 heavy (non-hydrogen) atoms. The quantitative estimate of drug-likeness (QED) is 0.666. The summed E-state index contributed by atoms with van der Waals surface area (Å²) in [5.74, 6) is 3.23. The highest BCUT2D eigenvalue weighted by molar-refractivity contribution is 6.42. The van der Waals surface area contributed by atoms with E-state index in [0.29, 0.717) is 16.0 Å². The Bertz CT molecular complexity index is 503. The van der Waals surface area contributed by atoms with Crippen LogP contribution in [0.25, 0.3) is 0 Å². The summed E-state index contributed by atoms with van der Waals surface area (Å²) in [4.78, 5) is 2.65. The Labute approximate surface area is 155 Å². The number of benzene rings is 1. The van der Waals surface area contributed by atoms with E-state index in [0.717, 1.165) is 24.2 Å². The molecule has 2 aliphatic rings. The van der Waals surface area contributed by atoms with Crippen LogP contribution in [-0.4, -0.2) is 31.1 Å². The Morgan fingerprint density at radius 3 is 2.35 bits per heavy atom. The van der Waals surface area contributed by atoms with E-state index in [-0.39, 0.29) is 12.4 Å². The van der Waals surface area contributed by atoms with Crippen LogP contribution in [0.4, 0.5) is 0 Å². The van der Waals surface area contributed by atoms with Crippen LogP contribution >= 0.6 is 35.6 Å². The van der Waals surface area contributed by atoms with Crippen molar-refractivity contribution in [1.82, 2.24) is 4.90 Å². The number of hydrogen-bond donors (Lipinski definition) is 0. The molecular weight excluding hydrogens is 353 g/mol. The SMILES string of the molecule is CC1CCN(C[C@H]2CC[C@H]2COc2ccc(Cl)c(Cl)c2)CC1.Cl. The van der Waals surface area contributed by atoms with Crippen molar-refractivity contribution in [3.8, 4) is 5.75 Å². The first-order chi connectivity index (χ1) is 10.6. The van der Waals surface area contributed by atoms with E-state index in [9.17, 15) is 0 Å². The maximum absolute atomic E-state index is 6.03. The topological polar surface area (TPSA) is 12.5 Å². The van der Waals surface area contributed by atoms with Gasteiger partial charge in [-0.25, -0.2) is 0 Å². The molecule has 0 bridgehead atoms. The largest absolute Gasteiger partial charge is 0.493 e. The van der Waals surface area contributed by atoms with E-state index in [4.69, 9.17) is 27.9 Å². The van der Waals surface area contributed by atoms with E-state index in [2.05, 4.69) is 11.8 Å². The summed E-state index contributed by atoms with van der Waals surface area (Å²) in [5, 5.41) is 1.14. The minimum Gasteiger partial charge on any atom is -0.493 e. The molecular formula is C18H26Cl3NO. The molecule has 2 nitrogen and oxygen atoms in total. The predicted octanol–water partition coefficient (Wildman–Crippen LogP) is 5.55. The molecule has 1 aliphatic heterocycles. The highest BCUT2D eigenvalue weighted by Crippen LogP contribution is 2.36. The zero-order valence-electron chi connectivity index (χ0n) is 13.6. The zero-order chi connectivity index (χ0) is 15.5. The lowest BCUT2D eigenvalue weighted by Crippen LogP contribution is -2.43. The molecule has 0 radical (unpaired) electrons. The van der Waals surface area contributed by atoms with Crippen molar-refractivity contribution < 1.29 is 4.74 Å². The third-order valence-electron chi connectivity index (χ3n) is 5.30. The van der Waals surface area contributed by atoms with Gasteiger partial charge in [0.15, 0.2) is 0 Å². The normalized spacial score (nSPS) is 25.5. The van der Waals surface area contributed by atoms with Crippen LogP contribution in [0.2, 0.25) is 10.0 Å². The molecule has 1 saturated carbocycles. The number of nitrogens with zero attached hydrogens (tertiary/aromatic N) is 1. The molecule has 0 spiro atoms. The van der Waals surface area contributed by atoms with Gasteiger partial charge in [0.2, 0.25) is 0 Å². The number of ether oxygens (including phenoxy) is 1. The highest BCUT2D eigenvalue weighted by Gasteiger charge is 2.33. The van der Waals surface area contributed by atoms with Gasteiger partial charge in [-0.2, -0.15) is 0 Å². The third-order valence-corrected chi connectivity index (χ3v) is 6.04. The Hall–Kier alpha value is -0.150. The van der Waals surface area contributed by atoms with Crippen molar-refractivity contribution in [3.05, 3.63) is 28.2 Å². The fourth-order valence-corrected chi connectivity index (χ4v) is 3.73. The standard InChI is InChI=1S/C18H25Cl2NO.ClH/c1-13-6-8-21(9-7-13)11-14-2-3-15(14)12-22-16-4-5-17(19)18(20)10-16;/h4-5,10,13-15H,2-3,6-9,11-12H2,1H3;1H/t14-,15+;/m1./s1. The van der Waals surface area contributed by atoms with Gasteiger partial charge in [-0.1, -0.05) is 30.1 Å². The molecule has 0 N–H and O–H groups in total. The molecule has 0 aromatic heterocycles. The van der Waals surface area contributed by atoms with Crippen LogP contribution < -0.4 is 4.74 Å². The lowest BCUT2D eigenvalue weighted by atomic mass is 9.73. The van der Waals surface area contributed by atoms with Crippen LogP contribution in [-0.2, 0) is 0 Å². The Morgan fingerprint density at radius 2 is 1.74 bits per heavy atom. The maximum atomic E-state index is 6.03. The third kappa shape index (κ3) is 5.16. The van der Waals surface area contributed by atoms with Gasteiger partial charge in [-0.05, 0) is 68.7 Å². The monoisotopic (exact) mass is 377 g/mol. The van der Waals surface area contributed by atoms with Crippen molar-refractivity contribution in [2.24, 2.45) is 17.8 Å². The second-order valence-electron chi connectivity index (χ2n) is 6.97. The second kappa shape index (κ2) is 8.80. The van der Waals surface area contributed by atoms with Crippen LogP contribution in [0.3, 0.4) is 0 Å². The van der Waals surface area contributed by atoms with Crippen LogP contribution in [0, 0.1) is 17.8 Å². The van der Waals surface area contributed by atoms with Gasteiger partial charge >= 0.3 is 0 Å². The maximum Gasteiger partial charge on any atom is 0.120 e. The van der Waals surface area contributed by atoms with E-state index in [1.165, 1.54) is 45.3 Å². The smallest absolute Gasteiger partial charge is 0.120 e. The minimum absolute atomic E-state index is 0. The summed E-state index contributed by atoms with van der Waals surface area (Å²) in [6.07, 6.45) is 5.35. The summed E-state index contributed by atoms with van der Waals surface area (Å²) in [6, 6.07) is 5.50. The summed E-state index contributed by atoms with van der Waals surface area (Å²) in [5.41, 5.74) is 0. The van der Waals surface area contributed by atoms with E-state index in [1.807, 2.05) is 12.1 Å². The highest BCUT2D eigenvalue weighted by atomic mass is 35.5. The number of halogens is 3. The van der Waals surface area contributed by atoms with Crippen molar-refractivity contribution in [2.75, 3.05) is 26.2 Å². The van der Waals surface area contributed by atoms with Crippen LogP contribution in [0.1, 0.15) is 32.6 Å². The first-order valence-electron chi connectivity index (χ1n) is 8.42. The average molecular weight is 379 g/mol. The van der Waals surface area contributed by atoms with Crippen LogP contribution in [0.5, 0.6) is 5.75 Å². The van der Waals surface area contributed by atoms with E-state index >= 15 is 0 Å². The lowest BCUT2D eigenvalue weighted by molar-refractivity contribution is 0.0565. The lowest BCUT2D eigenvalue weighted by Gasteiger charge is -2.41. The molecule has 1 aliphatic carbocycles. The molecule has 1 heterocycles. The fourth-order valence-electron chi connectivity index (χ4n) is 3.44. The van der Waals surface area contributed by atoms with Gasteiger partial charge < -0.3 is 9.64 Å². The molecule has 130 valence electrons. The molecule has 5 heteroatoms. The molecule has 3 rings (SSSR count). The second-order valence-corrected chi connectivity index (χ2v) is 7.78. The first kappa shape index (κ1) is 19.2. The van der Waals surface area contributed by atoms with Crippen molar-refractivity contribution in [3.63, 3.8) is 0 Å². The van der Waals surface area contributed by atoms with Crippen molar-refractivity contribution in [1.29, 1.82) is 0 Å². The van der Waals surface area contributed by atoms with Crippen molar-refractivity contribution in [2.45, 2.75) is 32.6 Å². The first-order valence-corrected chi connectivity index (χ1v) is 9.17. The van der Waals surface area contributed by atoms with Gasteiger partial charge in [0.1, 0.15) is 5.75 Å². The van der Waals surface area contributed by atoms with Crippen LogP contribution in [0.15, 0.2) is 18.2 Å². The summed E-state index contributed by atoms with van der Waals surface area (Å²) < 4.78 is 5.92. The molecule has 2 fully saturated rings. The predicted molar refractivity (Wildman–Crippen MR) is 100 cm³/mol. The summed E-state index contributed by atoms with van der Waals surface area (Å²) in [6.45, 7) is 6.97. The Morgan fingerprint density at radius 1 is 1.04 bits per heavy atom. The molecule has 0 unspecified atom stereocenters.